The largest absolute Gasteiger partial charge is 0.493 e. The minimum absolute atomic E-state index is 0.168. The molecule has 1 N–H and O–H groups in total. The first-order valence-electron chi connectivity index (χ1n) is 7.27. The number of sulfonamides is 1. The van der Waals surface area contributed by atoms with Gasteiger partial charge in [-0.1, -0.05) is 0 Å². The quantitative estimate of drug-likeness (QED) is 0.647. The van der Waals surface area contributed by atoms with E-state index < -0.39 is 10.0 Å². The summed E-state index contributed by atoms with van der Waals surface area (Å²) in [5.41, 5.74) is 0.399. The molecule has 0 heterocycles. The molecule has 0 spiro atoms. The van der Waals surface area contributed by atoms with Crippen LogP contribution in [0.15, 0.2) is 18.2 Å². The van der Waals surface area contributed by atoms with Crippen LogP contribution in [0.3, 0.4) is 0 Å². The molecule has 0 bridgehead atoms. The normalized spacial score (nSPS) is 11.4. The lowest BCUT2D eigenvalue weighted by atomic mass is 10.2. The monoisotopic (exact) mass is 360 g/mol. The Labute approximate surface area is 142 Å². The number of hydrogen-bond acceptors (Lipinski definition) is 6. The third-order valence-corrected chi connectivity index (χ3v) is 4.61. The van der Waals surface area contributed by atoms with Crippen LogP contribution in [0.1, 0.15) is 10.4 Å². The van der Waals surface area contributed by atoms with Gasteiger partial charge < -0.3 is 19.5 Å². The zero-order chi connectivity index (χ0) is 18.2. The summed E-state index contributed by atoms with van der Waals surface area (Å²) in [4.78, 5) is 12.2. The second kappa shape index (κ2) is 9.45. The van der Waals surface area contributed by atoms with E-state index in [1.807, 2.05) is 0 Å². The number of benzene rings is 1. The number of nitrogens with zero attached hydrogens (tertiary/aromatic N) is 1. The van der Waals surface area contributed by atoms with Gasteiger partial charge in [0, 0.05) is 32.3 Å². The molecule has 0 aliphatic carbocycles. The Balaban J connectivity index is 2.65. The van der Waals surface area contributed by atoms with Crippen molar-refractivity contribution in [3.8, 4) is 11.5 Å². The average Bonchev–Trinajstić information content (AvgIpc) is 2.55. The predicted molar refractivity (Wildman–Crippen MR) is 90.2 cm³/mol. The van der Waals surface area contributed by atoms with Crippen LogP contribution >= 0.6 is 0 Å². The molecule has 1 aromatic carbocycles. The highest BCUT2D eigenvalue weighted by Crippen LogP contribution is 2.27. The molecule has 0 saturated carbocycles. The van der Waals surface area contributed by atoms with E-state index in [-0.39, 0.29) is 32.1 Å². The fraction of sp³-hybridized carbons (Fsp3) is 0.533. The van der Waals surface area contributed by atoms with Crippen LogP contribution in [0.5, 0.6) is 11.5 Å². The van der Waals surface area contributed by atoms with Crippen LogP contribution in [0.4, 0.5) is 0 Å². The van der Waals surface area contributed by atoms with E-state index in [2.05, 4.69) is 5.32 Å². The number of hydrogen-bond donors (Lipinski definition) is 1. The van der Waals surface area contributed by atoms with Crippen molar-refractivity contribution in [2.75, 3.05) is 53.8 Å². The summed E-state index contributed by atoms with van der Waals surface area (Å²) in [5, 5.41) is 2.68. The Hall–Kier alpha value is -1.84. The molecule has 9 heteroatoms. The first kappa shape index (κ1) is 20.2. The Kier molecular flexibility index (Phi) is 7.96. The second-order valence-electron chi connectivity index (χ2n) is 4.98. The summed E-state index contributed by atoms with van der Waals surface area (Å²) in [6.45, 7) is 0.878. The number of methoxy groups -OCH3 is 3. The van der Waals surface area contributed by atoms with Crippen LogP contribution in [-0.4, -0.2) is 72.5 Å². The van der Waals surface area contributed by atoms with Crippen molar-refractivity contribution in [3.05, 3.63) is 23.8 Å². The minimum atomic E-state index is -3.35. The maximum atomic E-state index is 12.2. The van der Waals surface area contributed by atoms with Gasteiger partial charge in [0.1, 0.15) is 0 Å². The number of carbonyl (C=O) groups is 1. The predicted octanol–water partition coefficient (Wildman–Crippen LogP) is 0.342. The Morgan fingerprint density at radius 2 is 1.79 bits per heavy atom. The van der Waals surface area contributed by atoms with Crippen LogP contribution in [0.25, 0.3) is 0 Å². The molecule has 24 heavy (non-hydrogen) atoms. The molecule has 0 aliphatic rings. The highest BCUT2D eigenvalue weighted by molar-refractivity contribution is 7.88. The molecule has 0 saturated heterocycles. The number of carbonyl (C=O) groups excluding carboxylic acids is 1. The summed E-state index contributed by atoms with van der Waals surface area (Å²) in [6, 6.07) is 4.80. The topological polar surface area (TPSA) is 94.2 Å². The van der Waals surface area contributed by atoms with Gasteiger partial charge in [-0.3, -0.25) is 4.79 Å². The lowest BCUT2D eigenvalue weighted by Gasteiger charge is -2.19. The lowest BCUT2D eigenvalue weighted by Crippen LogP contribution is -2.39. The summed E-state index contributed by atoms with van der Waals surface area (Å²) in [6.07, 6.45) is 1.12. The van der Waals surface area contributed by atoms with Crippen LogP contribution in [0.2, 0.25) is 0 Å². The summed E-state index contributed by atoms with van der Waals surface area (Å²) in [5.74, 6) is 0.649. The fourth-order valence-corrected chi connectivity index (χ4v) is 2.84. The molecular weight excluding hydrogens is 336 g/mol. The summed E-state index contributed by atoms with van der Waals surface area (Å²) in [7, 11) is 1.14. The average molecular weight is 360 g/mol. The molecule has 0 atom stereocenters. The highest BCUT2D eigenvalue weighted by atomic mass is 32.2. The summed E-state index contributed by atoms with van der Waals surface area (Å²) >= 11 is 0. The van der Waals surface area contributed by atoms with Gasteiger partial charge in [-0.05, 0) is 18.2 Å². The molecule has 1 rings (SSSR count). The van der Waals surface area contributed by atoms with E-state index in [0.717, 1.165) is 6.26 Å². The number of nitrogens with one attached hydrogen (secondary N) is 1. The van der Waals surface area contributed by atoms with Gasteiger partial charge >= 0.3 is 0 Å². The van der Waals surface area contributed by atoms with E-state index in [1.54, 1.807) is 18.2 Å². The molecule has 136 valence electrons. The second-order valence-corrected chi connectivity index (χ2v) is 6.96. The molecule has 0 radical (unpaired) electrons. The van der Waals surface area contributed by atoms with Crippen molar-refractivity contribution in [3.63, 3.8) is 0 Å². The van der Waals surface area contributed by atoms with Gasteiger partial charge in [0.2, 0.25) is 10.0 Å². The Bertz CT molecular complexity index is 647. The first-order chi connectivity index (χ1) is 11.3. The third-order valence-electron chi connectivity index (χ3n) is 3.31. The van der Waals surface area contributed by atoms with Crippen LogP contribution in [0, 0.1) is 0 Å². The maximum Gasteiger partial charge on any atom is 0.251 e. The highest BCUT2D eigenvalue weighted by Gasteiger charge is 2.16. The maximum absolute atomic E-state index is 12.2. The molecule has 8 nitrogen and oxygen atoms in total. The van der Waals surface area contributed by atoms with Crippen molar-refractivity contribution in [2.45, 2.75) is 0 Å². The third kappa shape index (κ3) is 5.99. The van der Waals surface area contributed by atoms with E-state index in [0.29, 0.717) is 17.1 Å². The van der Waals surface area contributed by atoms with Crippen molar-refractivity contribution in [1.82, 2.24) is 9.62 Å². The number of amides is 1. The van der Waals surface area contributed by atoms with Gasteiger partial charge in [0.15, 0.2) is 11.5 Å². The lowest BCUT2D eigenvalue weighted by molar-refractivity contribution is 0.0950. The zero-order valence-electron chi connectivity index (χ0n) is 14.4. The smallest absolute Gasteiger partial charge is 0.251 e. The molecule has 1 aromatic rings. The van der Waals surface area contributed by atoms with Crippen molar-refractivity contribution in [1.29, 1.82) is 0 Å². The molecule has 0 aliphatic heterocycles. The molecule has 0 unspecified atom stereocenters. The fourth-order valence-electron chi connectivity index (χ4n) is 2.01. The molecule has 1 amide bonds. The van der Waals surface area contributed by atoms with Crippen molar-refractivity contribution in [2.24, 2.45) is 0 Å². The Morgan fingerprint density at radius 3 is 2.33 bits per heavy atom. The van der Waals surface area contributed by atoms with E-state index in [4.69, 9.17) is 14.2 Å². The van der Waals surface area contributed by atoms with Crippen molar-refractivity contribution >= 4 is 15.9 Å². The number of ether oxygens (including phenoxy) is 3. The first-order valence-corrected chi connectivity index (χ1v) is 9.12. The van der Waals surface area contributed by atoms with Gasteiger partial charge in [-0.15, -0.1) is 0 Å². The van der Waals surface area contributed by atoms with E-state index in [9.17, 15) is 13.2 Å². The number of rotatable bonds is 10. The van der Waals surface area contributed by atoms with Crippen molar-refractivity contribution < 1.29 is 27.4 Å². The standard InChI is InChI=1S/C15H24N2O6S/c1-21-10-9-17(24(4,19)20)8-7-16-15(18)12-5-6-13(22-2)14(11-12)23-3/h5-6,11H,7-10H2,1-4H3,(H,16,18). The summed E-state index contributed by atoms with van der Waals surface area (Å²) < 4.78 is 39.7. The van der Waals surface area contributed by atoms with E-state index >= 15 is 0 Å². The molecular formula is C15H24N2O6S. The zero-order valence-corrected chi connectivity index (χ0v) is 15.2. The Morgan fingerprint density at radius 1 is 1.12 bits per heavy atom. The van der Waals surface area contributed by atoms with E-state index in [1.165, 1.54) is 25.6 Å². The van der Waals surface area contributed by atoms with Crippen LogP contribution < -0.4 is 14.8 Å². The van der Waals surface area contributed by atoms with Gasteiger partial charge in [-0.2, -0.15) is 4.31 Å². The van der Waals surface area contributed by atoms with Gasteiger partial charge in [0.05, 0.1) is 27.1 Å². The molecule has 0 fully saturated rings. The van der Waals surface area contributed by atoms with Crippen LogP contribution in [-0.2, 0) is 14.8 Å². The van der Waals surface area contributed by atoms with Gasteiger partial charge in [-0.25, -0.2) is 8.42 Å². The minimum Gasteiger partial charge on any atom is -0.493 e. The molecule has 0 aromatic heterocycles. The van der Waals surface area contributed by atoms with Gasteiger partial charge in [0.25, 0.3) is 5.91 Å². The SMILES string of the molecule is COCCN(CCNC(=O)c1ccc(OC)c(OC)c1)S(C)(=O)=O.